The third kappa shape index (κ3) is 4.60. The van der Waals surface area contributed by atoms with Crippen LogP contribution in [0.25, 0.3) is 0 Å². The summed E-state index contributed by atoms with van der Waals surface area (Å²) in [7, 11) is 0. The normalized spacial score (nSPS) is 10.4. The SMILES string of the molecule is CCCOc1nc(Cl)nc(NCCc2cscn2)n1. The molecular formula is C11H14ClN5OS. The summed E-state index contributed by atoms with van der Waals surface area (Å²) in [6.07, 6.45) is 1.69. The molecule has 0 spiro atoms. The molecule has 2 rings (SSSR count). The van der Waals surface area contributed by atoms with Crippen LogP contribution in [0.5, 0.6) is 6.01 Å². The van der Waals surface area contributed by atoms with Gasteiger partial charge in [0, 0.05) is 18.3 Å². The van der Waals surface area contributed by atoms with E-state index >= 15 is 0 Å². The Bertz CT molecular complexity index is 508. The second-order valence-corrected chi connectivity index (χ2v) is 4.77. The second-order valence-electron chi connectivity index (χ2n) is 3.72. The number of hydrogen-bond acceptors (Lipinski definition) is 7. The monoisotopic (exact) mass is 299 g/mol. The Labute approximate surface area is 120 Å². The minimum Gasteiger partial charge on any atom is -0.463 e. The smallest absolute Gasteiger partial charge is 0.322 e. The molecule has 2 aromatic heterocycles. The molecule has 19 heavy (non-hydrogen) atoms. The van der Waals surface area contributed by atoms with Gasteiger partial charge in [0.25, 0.3) is 0 Å². The van der Waals surface area contributed by atoms with E-state index in [1.807, 2.05) is 17.8 Å². The first kappa shape index (κ1) is 14.0. The third-order valence-corrected chi connectivity index (χ3v) is 2.97. The van der Waals surface area contributed by atoms with E-state index in [-0.39, 0.29) is 11.3 Å². The van der Waals surface area contributed by atoms with Crippen LogP contribution in [0.4, 0.5) is 5.95 Å². The van der Waals surface area contributed by atoms with Gasteiger partial charge in [-0.15, -0.1) is 11.3 Å². The Morgan fingerprint density at radius 3 is 3.00 bits per heavy atom. The second kappa shape index (κ2) is 7.20. The average Bonchev–Trinajstić information content (AvgIpc) is 2.89. The van der Waals surface area contributed by atoms with Crippen molar-refractivity contribution >= 4 is 28.9 Å². The minimum absolute atomic E-state index is 0.122. The van der Waals surface area contributed by atoms with Gasteiger partial charge < -0.3 is 10.1 Å². The first-order valence-corrected chi connectivity index (χ1v) is 7.25. The van der Waals surface area contributed by atoms with Crippen LogP contribution in [0.3, 0.4) is 0 Å². The van der Waals surface area contributed by atoms with Gasteiger partial charge in [0.1, 0.15) is 0 Å². The van der Waals surface area contributed by atoms with E-state index in [4.69, 9.17) is 16.3 Å². The van der Waals surface area contributed by atoms with Gasteiger partial charge in [0.05, 0.1) is 17.8 Å². The van der Waals surface area contributed by atoms with Crippen LogP contribution in [0.2, 0.25) is 5.28 Å². The standard InChI is InChI=1S/C11H14ClN5OS/c1-2-5-18-11-16-9(12)15-10(17-11)13-4-3-8-6-19-7-14-8/h6-7H,2-5H2,1H3,(H,13,15,16,17). The summed E-state index contributed by atoms with van der Waals surface area (Å²) in [5.74, 6) is 0.418. The van der Waals surface area contributed by atoms with Crippen molar-refractivity contribution in [3.63, 3.8) is 0 Å². The van der Waals surface area contributed by atoms with E-state index in [1.54, 1.807) is 11.3 Å². The van der Waals surface area contributed by atoms with E-state index in [0.717, 1.165) is 18.5 Å². The van der Waals surface area contributed by atoms with E-state index in [1.165, 1.54) is 0 Å². The number of rotatable bonds is 7. The van der Waals surface area contributed by atoms with Gasteiger partial charge in [-0.2, -0.15) is 15.0 Å². The number of hydrogen-bond donors (Lipinski definition) is 1. The molecule has 102 valence electrons. The lowest BCUT2D eigenvalue weighted by atomic mass is 10.3. The van der Waals surface area contributed by atoms with Crippen molar-refractivity contribution in [2.75, 3.05) is 18.5 Å². The lowest BCUT2D eigenvalue weighted by Gasteiger charge is -2.06. The fourth-order valence-corrected chi connectivity index (χ4v) is 2.08. The number of ether oxygens (including phenoxy) is 1. The first-order chi connectivity index (χ1) is 9.28. The number of aromatic nitrogens is 4. The number of nitrogens with one attached hydrogen (secondary N) is 1. The first-order valence-electron chi connectivity index (χ1n) is 5.93. The molecule has 0 aliphatic heterocycles. The fraction of sp³-hybridized carbons (Fsp3) is 0.455. The van der Waals surface area contributed by atoms with Crippen molar-refractivity contribution in [3.8, 4) is 6.01 Å². The zero-order valence-electron chi connectivity index (χ0n) is 10.5. The van der Waals surface area contributed by atoms with Gasteiger partial charge in [0.15, 0.2) is 0 Å². The number of halogens is 1. The highest BCUT2D eigenvalue weighted by atomic mass is 35.5. The summed E-state index contributed by atoms with van der Waals surface area (Å²) in [4.78, 5) is 16.2. The summed E-state index contributed by atoms with van der Waals surface area (Å²) in [5.41, 5.74) is 2.85. The molecule has 8 heteroatoms. The zero-order valence-corrected chi connectivity index (χ0v) is 12.0. The fourth-order valence-electron chi connectivity index (χ4n) is 1.33. The van der Waals surface area contributed by atoms with Gasteiger partial charge in [-0.1, -0.05) is 6.92 Å². The minimum atomic E-state index is 0.122. The molecule has 0 saturated heterocycles. The number of anilines is 1. The highest BCUT2D eigenvalue weighted by Crippen LogP contribution is 2.11. The lowest BCUT2D eigenvalue weighted by Crippen LogP contribution is -2.10. The Morgan fingerprint density at radius 2 is 2.26 bits per heavy atom. The molecule has 0 atom stereocenters. The highest BCUT2D eigenvalue weighted by Gasteiger charge is 2.05. The maximum atomic E-state index is 5.81. The summed E-state index contributed by atoms with van der Waals surface area (Å²) >= 11 is 7.39. The van der Waals surface area contributed by atoms with Crippen LogP contribution in [0.1, 0.15) is 19.0 Å². The Balaban J connectivity index is 1.90. The van der Waals surface area contributed by atoms with E-state index < -0.39 is 0 Å². The van der Waals surface area contributed by atoms with Gasteiger partial charge in [0.2, 0.25) is 11.2 Å². The van der Waals surface area contributed by atoms with E-state index in [2.05, 4.69) is 25.3 Å². The predicted molar refractivity (Wildman–Crippen MR) is 74.9 cm³/mol. The van der Waals surface area contributed by atoms with Gasteiger partial charge in [-0.3, -0.25) is 0 Å². The largest absolute Gasteiger partial charge is 0.463 e. The third-order valence-electron chi connectivity index (χ3n) is 2.17. The van der Waals surface area contributed by atoms with E-state index in [0.29, 0.717) is 19.1 Å². The molecule has 0 radical (unpaired) electrons. The van der Waals surface area contributed by atoms with Crippen LogP contribution >= 0.6 is 22.9 Å². The summed E-state index contributed by atoms with van der Waals surface area (Å²) in [5, 5.41) is 5.21. The quantitative estimate of drug-likeness (QED) is 0.846. The molecular weight excluding hydrogens is 286 g/mol. The maximum absolute atomic E-state index is 5.81. The molecule has 6 nitrogen and oxygen atoms in total. The van der Waals surface area contributed by atoms with Crippen molar-refractivity contribution < 1.29 is 4.74 Å². The molecule has 0 aromatic carbocycles. The summed E-state index contributed by atoms with van der Waals surface area (Å²) in [6.45, 7) is 3.24. The van der Waals surface area contributed by atoms with Crippen molar-refractivity contribution in [1.29, 1.82) is 0 Å². The Morgan fingerprint density at radius 1 is 1.37 bits per heavy atom. The lowest BCUT2D eigenvalue weighted by molar-refractivity contribution is 0.291. The van der Waals surface area contributed by atoms with Crippen LogP contribution < -0.4 is 10.1 Å². The van der Waals surface area contributed by atoms with E-state index in [9.17, 15) is 0 Å². The molecule has 0 fully saturated rings. The molecule has 1 N–H and O–H groups in total. The molecule has 0 aliphatic rings. The number of thiazole rings is 1. The molecule has 0 bridgehead atoms. The molecule has 2 heterocycles. The molecule has 0 amide bonds. The summed E-state index contributed by atoms with van der Waals surface area (Å²) < 4.78 is 5.33. The van der Waals surface area contributed by atoms with Crippen LogP contribution in [-0.2, 0) is 6.42 Å². The van der Waals surface area contributed by atoms with Crippen molar-refractivity contribution in [1.82, 2.24) is 19.9 Å². The van der Waals surface area contributed by atoms with Gasteiger partial charge >= 0.3 is 6.01 Å². The van der Waals surface area contributed by atoms with Crippen LogP contribution in [0.15, 0.2) is 10.9 Å². The predicted octanol–water partition coefficient (Wildman–Crippen LogP) is 2.42. The Hall–Kier alpha value is -1.47. The van der Waals surface area contributed by atoms with Crippen LogP contribution in [0, 0.1) is 0 Å². The van der Waals surface area contributed by atoms with Crippen molar-refractivity contribution in [2.24, 2.45) is 0 Å². The van der Waals surface area contributed by atoms with Crippen molar-refractivity contribution in [2.45, 2.75) is 19.8 Å². The van der Waals surface area contributed by atoms with Gasteiger partial charge in [-0.25, -0.2) is 4.98 Å². The molecule has 2 aromatic rings. The Kier molecular flexibility index (Phi) is 5.29. The molecule has 0 aliphatic carbocycles. The van der Waals surface area contributed by atoms with Crippen LogP contribution in [-0.4, -0.2) is 33.1 Å². The summed E-state index contributed by atoms with van der Waals surface area (Å²) in [6, 6.07) is 0.248. The van der Waals surface area contributed by atoms with Crippen molar-refractivity contribution in [3.05, 3.63) is 21.9 Å². The average molecular weight is 300 g/mol. The topological polar surface area (TPSA) is 72.8 Å². The molecule has 0 unspecified atom stereocenters. The number of nitrogens with zero attached hydrogens (tertiary/aromatic N) is 4. The zero-order chi connectivity index (χ0) is 13.5. The van der Waals surface area contributed by atoms with Gasteiger partial charge in [-0.05, 0) is 18.0 Å². The highest BCUT2D eigenvalue weighted by molar-refractivity contribution is 7.07. The molecule has 0 saturated carbocycles. The maximum Gasteiger partial charge on any atom is 0.322 e.